The second-order valence-electron chi connectivity index (χ2n) is 7.26. The molecule has 2 amide bonds. The Labute approximate surface area is 171 Å². The fraction of sp³-hybridized carbons (Fsp3) is 0.333. The number of primary amides is 1. The lowest BCUT2D eigenvalue weighted by Gasteiger charge is -2.31. The van der Waals surface area contributed by atoms with Crippen molar-refractivity contribution in [1.29, 1.82) is 0 Å². The number of piperidine rings is 1. The summed E-state index contributed by atoms with van der Waals surface area (Å²) in [4.78, 5) is 26.1. The van der Waals surface area contributed by atoms with Crippen molar-refractivity contribution in [2.45, 2.75) is 24.7 Å². The molecule has 0 unspecified atom stereocenters. The van der Waals surface area contributed by atoms with Crippen molar-refractivity contribution in [3.05, 3.63) is 59.7 Å². The number of likely N-dealkylation sites (tertiary alicyclic amines) is 1. The molecule has 0 atom stereocenters. The summed E-state index contributed by atoms with van der Waals surface area (Å²) in [6.45, 7) is 2.71. The van der Waals surface area contributed by atoms with E-state index in [0.717, 1.165) is 5.56 Å². The van der Waals surface area contributed by atoms with E-state index in [1.165, 1.54) is 11.4 Å². The first-order chi connectivity index (χ1) is 13.7. The summed E-state index contributed by atoms with van der Waals surface area (Å²) >= 11 is 0. The molecule has 154 valence electrons. The van der Waals surface area contributed by atoms with Gasteiger partial charge in [0, 0.05) is 31.6 Å². The fourth-order valence-corrected chi connectivity index (χ4v) is 4.78. The van der Waals surface area contributed by atoms with Crippen LogP contribution in [0.5, 0.6) is 0 Å². The molecule has 8 heteroatoms. The van der Waals surface area contributed by atoms with E-state index in [0.29, 0.717) is 37.2 Å². The maximum atomic E-state index is 13.0. The molecular weight excluding hydrogens is 390 g/mol. The molecule has 0 aliphatic carbocycles. The molecule has 0 spiro atoms. The summed E-state index contributed by atoms with van der Waals surface area (Å²) in [7, 11) is -2.26. The second kappa shape index (κ2) is 8.24. The van der Waals surface area contributed by atoms with Crippen LogP contribution >= 0.6 is 0 Å². The Bertz CT molecular complexity index is 1010. The maximum Gasteiger partial charge on any atom is 0.264 e. The van der Waals surface area contributed by atoms with E-state index >= 15 is 0 Å². The van der Waals surface area contributed by atoms with E-state index in [1.807, 2.05) is 0 Å². The monoisotopic (exact) mass is 415 g/mol. The minimum Gasteiger partial charge on any atom is -0.369 e. The van der Waals surface area contributed by atoms with Gasteiger partial charge in [0.2, 0.25) is 5.91 Å². The van der Waals surface area contributed by atoms with Crippen LogP contribution in [0.4, 0.5) is 5.69 Å². The topological polar surface area (TPSA) is 101 Å². The van der Waals surface area contributed by atoms with Crippen LogP contribution in [0.1, 0.15) is 28.8 Å². The molecule has 29 heavy (non-hydrogen) atoms. The lowest BCUT2D eigenvalue weighted by Crippen LogP contribution is -2.41. The standard InChI is InChI=1S/C21H25N3O4S/c1-15-8-9-17(21(26)24-12-10-16(11-13-24)20(22)25)14-19(15)23(2)29(27,28)18-6-4-3-5-7-18/h3-9,14,16H,10-13H2,1-2H3,(H2,22,25). The number of nitrogens with zero attached hydrogens (tertiary/aromatic N) is 2. The largest absolute Gasteiger partial charge is 0.369 e. The molecule has 1 saturated heterocycles. The first kappa shape index (κ1) is 20.9. The number of rotatable bonds is 5. The van der Waals surface area contributed by atoms with Gasteiger partial charge in [-0.2, -0.15) is 0 Å². The zero-order valence-corrected chi connectivity index (χ0v) is 17.4. The van der Waals surface area contributed by atoms with E-state index in [-0.39, 0.29) is 22.6 Å². The van der Waals surface area contributed by atoms with Gasteiger partial charge in [-0.05, 0) is 49.6 Å². The molecule has 0 radical (unpaired) electrons. The van der Waals surface area contributed by atoms with Crippen molar-refractivity contribution in [3.63, 3.8) is 0 Å². The SMILES string of the molecule is Cc1ccc(C(=O)N2CCC(C(N)=O)CC2)cc1N(C)S(=O)(=O)c1ccccc1. The highest BCUT2D eigenvalue weighted by Crippen LogP contribution is 2.27. The normalized spacial score (nSPS) is 15.2. The zero-order valence-electron chi connectivity index (χ0n) is 16.5. The predicted molar refractivity (Wildman–Crippen MR) is 111 cm³/mol. The van der Waals surface area contributed by atoms with Crippen LogP contribution in [0, 0.1) is 12.8 Å². The third-order valence-corrected chi connectivity index (χ3v) is 7.17. The Morgan fingerprint density at radius 3 is 2.28 bits per heavy atom. The Balaban J connectivity index is 1.85. The van der Waals surface area contributed by atoms with Gasteiger partial charge in [-0.3, -0.25) is 13.9 Å². The van der Waals surface area contributed by atoms with Crippen LogP contribution in [0.3, 0.4) is 0 Å². The summed E-state index contributed by atoms with van der Waals surface area (Å²) in [5.74, 6) is -0.711. The number of anilines is 1. The van der Waals surface area contributed by atoms with Crippen molar-refractivity contribution >= 4 is 27.5 Å². The molecule has 2 aromatic rings. The second-order valence-corrected chi connectivity index (χ2v) is 9.22. The van der Waals surface area contributed by atoms with Crippen molar-refractivity contribution in [3.8, 4) is 0 Å². The number of hydrogen-bond acceptors (Lipinski definition) is 4. The molecule has 3 rings (SSSR count). The lowest BCUT2D eigenvalue weighted by molar-refractivity contribution is -0.123. The molecule has 7 nitrogen and oxygen atoms in total. The van der Waals surface area contributed by atoms with Crippen LogP contribution in [-0.2, 0) is 14.8 Å². The Hall–Kier alpha value is -2.87. The molecule has 0 saturated carbocycles. The molecule has 1 aliphatic heterocycles. The predicted octanol–water partition coefficient (Wildman–Crippen LogP) is 2.16. The number of hydrogen-bond donors (Lipinski definition) is 1. The van der Waals surface area contributed by atoms with Gasteiger partial charge in [-0.1, -0.05) is 24.3 Å². The molecule has 1 heterocycles. The van der Waals surface area contributed by atoms with E-state index in [9.17, 15) is 18.0 Å². The van der Waals surface area contributed by atoms with Gasteiger partial charge in [0.05, 0.1) is 10.6 Å². The molecule has 2 N–H and O–H groups in total. The summed E-state index contributed by atoms with van der Waals surface area (Å²) in [5, 5.41) is 0. The van der Waals surface area contributed by atoms with Crippen molar-refractivity contribution in [2.24, 2.45) is 11.7 Å². The minimum atomic E-state index is -3.74. The Kier molecular flexibility index (Phi) is 5.93. The van der Waals surface area contributed by atoms with Gasteiger partial charge in [0.25, 0.3) is 15.9 Å². The highest BCUT2D eigenvalue weighted by molar-refractivity contribution is 7.92. The molecule has 0 bridgehead atoms. The lowest BCUT2D eigenvalue weighted by atomic mass is 9.95. The number of sulfonamides is 1. The molecular formula is C21H25N3O4S. The molecule has 1 aliphatic rings. The van der Waals surface area contributed by atoms with Gasteiger partial charge in [0.15, 0.2) is 0 Å². The molecule has 2 aromatic carbocycles. The number of benzene rings is 2. The first-order valence-electron chi connectivity index (χ1n) is 9.45. The van der Waals surface area contributed by atoms with E-state index in [4.69, 9.17) is 5.73 Å². The Morgan fingerprint density at radius 1 is 1.07 bits per heavy atom. The van der Waals surface area contributed by atoms with Crippen LogP contribution in [-0.4, -0.2) is 45.3 Å². The van der Waals surface area contributed by atoms with Gasteiger partial charge >= 0.3 is 0 Å². The third-order valence-electron chi connectivity index (χ3n) is 5.38. The van der Waals surface area contributed by atoms with Crippen LogP contribution in [0.2, 0.25) is 0 Å². The van der Waals surface area contributed by atoms with E-state index < -0.39 is 10.0 Å². The maximum absolute atomic E-state index is 13.0. The average molecular weight is 416 g/mol. The zero-order chi connectivity index (χ0) is 21.2. The van der Waals surface area contributed by atoms with Crippen molar-refractivity contribution in [1.82, 2.24) is 4.90 Å². The minimum absolute atomic E-state index is 0.181. The summed E-state index contributed by atoms with van der Waals surface area (Å²) in [6, 6.07) is 13.2. The number of carbonyl (C=O) groups excluding carboxylic acids is 2. The van der Waals surface area contributed by atoms with Gasteiger partial charge < -0.3 is 10.6 Å². The van der Waals surface area contributed by atoms with Crippen LogP contribution in [0.25, 0.3) is 0 Å². The fourth-order valence-electron chi connectivity index (χ4n) is 3.51. The first-order valence-corrected chi connectivity index (χ1v) is 10.9. The summed E-state index contributed by atoms with van der Waals surface area (Å²) < 4.78 is 27.1. The highest BCUT2D eigenvalue weighted by Gasteiger charge is 2.28. The number of aryl methyl sites for hydroxylation is 1. The summed E-state index contributed by atoms with van der Waals surface area (Å²) in [6.07, 6.45) is 1.09. The van der Waals surface area contributed by atoms with Crippen LogP contribution in [0.15, 0.2) is 53.4 Å². The van der Waals surface area contributed by atoms with E-state index in [2.05, 4.69) is 0 Å². The number of amides is 2. The van der Waals surface area contributed by atoms with Crippen molar-refractivity contribution in [2.75, 3.05) is 24.4 Å². The highest BCUT2D eigenvalue weighted by atomic mass is 32.2. The summed E-state index contributed by atoms with van der Waals surface area (Å²) in [5.41, 5.74) is 6.97. The molecule has 1 fully saturated rings. The van der Waals surface area contributed by atoms with Gasteiger partial charge in [-0.25, -0.2) is 8.42 Å². The Morgan fingerprint density at radius 2 is 1.69 bits per heavy atom. The van der Waals surface area contributed by atoms with Crippen molar-refractivity contribution < 1.29 is 18.0 Å². The number of nitrogens with two attached hydrogens (primary N) is 1. The van der Waals surface area contributed by atoms with Gasteiger partial charge in [-0.15, -0.1) is 0 Å². The quantitative estimate of drug-likeness (QED) is 0.809. The molecule has 0 aromatic heterocycles. The smallest absolute Gasteiger partial charge is 0.264 e. The number of carbonyl (C=O) groups is 2. The van der Waals surface area contributed by atoms with E-state index in [1.54, 1.807) is 60.4 Å². The third kappa shape index (κ3) is 4.27. The average Bonchev–Trinajstić information content (AvgIpc) is 2.73. The van der Waals surface area contributed by atoms with Crippen LogP contribution < -0.4 is 10.0 Å². The van der Waals surface area contributed by atoms with Gasteiger partial charge in [0.1, 0.15) is 0 Å².